The van der Waals surface area contributed by atoms with E-state index in [-0.39, 0.29) is 12.5 Å². The van der Waals surface area contributed by atoms with Crippen molar-refractivity contribution in [3.8, 4) is 0 Å². The van der Waals surface area contributed by atoms with Crippen LogP contribution in [0.4, 0.5) is 5.69 Å². The van der Waals surface area contributed by atoms with Crippen LogP contribution < -0.4 is 10.2 Å². The lowest BCUT2D eigenvalue weighted by molar-refractivity contribution is -0.148. The molecule has 0 spiro atoms. The Hall–Kier alpha value is -1.88. The van der Waals surface area contributed by atoms with E-state index in [1.165, 1.54) is 5.56 Å². The van der Waals surface area contributed by atoms with Crippen molar-refractivity contribution in [1.29, 1.82) is 0 Å². The summed E-state index contributed by atoms with van der Waals surface area (Å²) in [5.74, 6) is -0.893. The highest BCUT2D eigenvalue weighted by atomic mass is 16.4. The lowest BCUT2D eigenvalue weighted by atomic mass is 9.77. The van der Waals surface area contributed by atoms with E-state index in [1.54, 1.807) is 4.90 Å². The van der Waals surface area contributed by atoms with Crippen LogP contribution in [0.25, 0.3) is 0 Å². The molecule has 0 unspecified atom stereocenters. The molecule has 1 aromatic rings. The number of aryl methyl sites for hydroxylation is 1. The first-order chi connectivity index (χ1) is 10.1. The maximum absolute atomic E-state index is 12.4. The number of carboxylic acid groups (broad SMARTS) is 1. The highest BCUT2D eigenvalue weighted by Gasteiger charge is 2.44. The second kappa shape index (κ2) is 5.48. The molecule has 2 N–H and O–H groups in total. The molecule has 1 aliphatic heterocycles. The van der Waals surface area contributed by atoms with Crippen molar-refractivity contribution in [2.75, 3.05) is 18.0 Å². The molecule has 0 atom stereocenters. The minimum Gasteiger partial charge on any atom is -0.480 e. The van der Waals surface area contributed by atoms with Crippen molar-refractivity contribution in [3.63, 3.8) is 0 Å². The number of amides is 1. The van der Waals surface area contributed by atoms with E-state index in [1.807, 2.05) is 24.3 Å². The number of carbonyl (C=O) groups excluding carboxylic acids is 1. The fraction of sp³-hybridized carbons (Fsp3) is 0.500. The topological polar surface area (TPSA) is 69.6 Å². The maximum Gasteiger partial charge on any atom is 0.323 e. The van der Waals surface area contributed by atoms with Crippen LogP contribution in [0.2, 0.25) is 0 Å². The molecule has 2 aliphatic rings. The Morgan fingerprint density at radius 2 is 2.00 bits per heavy atom. The van der Waals surface area contributed by atoms with Gasteiger partial charge in [0.1, 0.15) is 5.54 Å². The summed E-state index contributed by atoms with van der Waals surface area (Å²) >= 11 is 0. The minimum absolute atomic E-state index is 0.0466. The number of carboxylic acids is 1. The van der Waals surface area contributed by atoms with Gasteiger partial charge in [0.2, 0.25) is 5.91 Å². The Kier molecular flexibility index (Phi) is 3.68. The number of hydrogen-bond acceptors (Lipinski definition) is 3. The van der Waals surface area contributed by atoms with Gasteiger partial charge in [-0.1, -0.05) is 18.2 Å². The first-order valence-electron chi connectivity index (χ1n) is 7.49. The molecule has 3 rings (SSSR count). The molecule has 1 amide bonds. The Labute approximate surface area is 123 Å². The molecule has 5 heteroatoms. The summed E-state index contributed by atoms with van der Waals surface area (Å²) in [5, 5.41) is 12.2. The molecule has 1 heterocycles. The third-order valence-corrected chi connectivity index (χ3v) is 4.61. The first-order valence-corrected chi connectivity index (χ1v) is 7.49. The molecule has 0 saturated heterocycles. The Morgan fingerprint density at radius 1 is 1.24 bits per heavy atom. The molecule has 0 radical (unpaired) electrons. The van der Waals surface area contributed by atoms with Crippen LogP contribution in [-0.2, 0) is 16.0 Å². The molecule has 5 nitrogen and oxygen atoms in total. The van der Waals surface area contributed by atoms with Gasteiger partial charge in [-0.2, -0.15) is 0 Å². The molecular formula is C16H20N2O3. The fourth-order valence-electron chi connectivity index (χ4n) is 3.13. The predicted octanol–water partition coefficient (Wildman–Crippen LogP) is 1.56. The van der Waals surface area contributed by atoms with E-state index in [2.05, 4.69) is 5.32 Å². The molecule has 0 bridgehead atoms. The maximum atomic E-state index is 12.4. The van der Waals surface area contributed by atoms with Gasteiger partial charge < -0.3 is 10.0 Å². The van der Waals surface area contributed by atoms with E-state index in [0.717, 1.165) is 24.9 Å². The van der Waals surface area contributed by atoms with Gasteiger partial charge in [0.05, 0.1) is 6.54 Å². The monoisotopic (exact) mass is 288 g/mol. The van der Waals surface area contributed by atoms with Gasteiger partial charge in [-0.05, 0) is 43.7 Å². The largest absolute Gasteiger partial charge is 0.480 e. The standard InChI is InChI=1S/C16H20N2O3/c19-14(11-17-16(15(20)21)8-4-9-16)18-10-3-6-12-5-1-2-7-13(12)18/h1-2,5,7,17H,3-4,6,8-11H2,(H,20,21). The average molecular weight is 288 g/mol. The summed E-state index contributed by atoms with van der Waals surface area (Å²) in [6, 6.07) is 7.93. The minimum atomic E-state index is -0.884. The quantitative estimate of drug-likeness (QED) is 0.882. The normalized spacial score (nSPS) is 19.5. The third-order valence-electron chi connectivity index (χ3n) is 4.61. The van der Waals surface area contributed by atoms with E-state index < -0.39 is 11.5 Å². The lowest BCUT2D eigenvalue weighted by Crippen LogP contribution is -2.59. The lowest BCUT2D eigenvalue weighted by Gasteiger charge is -2.39. The van der Waals surface area contributed by atoms with Crippen LogP contribution in [0.15, 0.2) is 24.3 Å². The molecule has 1 aromatic carbocycles. The van der Waals surface area contributed by atoms with Crippen molar-refractivity contribution in [1.82, 2.24) is 5.32 Å². The number of nitrogens with one attached hydrogen (secondary N) is 1. The fourth-order valence-corrected chi connectivity index (χ4v) is 3.13. The number of anilines is 1. The van der Waals surface area contributed by atoms with Crippen LogP contribution in [0.5, 0.6) is 0 Å². The number of fused-ring (bicyclic) bond motifs is 1. The molecular weight excluding hydrogens is 268 g/mol. The molecule has 1 fully saturated rings. The highest BCUT2D eigenvalue weighted by Crippen LogP contribution is 2.32. The van der Waals surface area contributed by atoms with Crippen LogP contribution >= 0.6 is 0 Å². The van der Waals surface area contributed by atoms with E-state index in [0.29, 0.717) is 19.4 Å². The van der Waals surface area contributed by atoms with Crippen molar-refractivity contribution in [3.05, 3.63) is 29.8 Å². The number of carbonyl (C=O) groups is 2. The average Bonchev–Trinajstić information content (AvgIpc) is 2.45. The van der Waals surface area contributed by atoms with Gasteiger partial charge in [0, 0.05) is 12.2 Å². The molecule has 1 saturated carbocycles. The van der Waals surface area contributed by atoms with Crippen LogP contribution in [-0.4, -0.2) is 35.6 Å². The summed E-state index contributed by atoms with van der Waals surface area (Å²) < 4.78 is 0. The number of aliphatic carboxylic acids is 1. The Morgan fingerprint density at radius 3 is 2.67 bits per heavy atom. The van der Waals surface area contributed by atoms with Crippen molar-refractivity contribution in [2.24, 2.45) is 0 Å². The van der Waals surface area contributed by atoms with E-state index >= 15 is 0 Å². The SMILES string of the molecule is O=C(CNC1(C(=O)O)CCC1)N1CCCc2ccccc21. The Bertz CT molecular complexity index is 566. The molecule has 21 heavy (non-hydrogen) atoms. The second-order valence-electron chi connectivity index (χ2n) is 5.87. The molecule has 112 valence electrons. The van der Waals surface area contributed by atoms with Crippen molar-refractivity contribution >= 4 is 17.6 Å². The van der Waals surface area contributed by atoms with E-state index in [4.69, 9.17) is 0 Å². The van der Waals surface area contributed by atoms with Crippen molar-refractivity contribution < 1.29 is 14.7 Å². The summed E-state index contributed by atoms with van der Waals surface area (Å²) in [5.41, 5.74) is 1.27. The van der Waals surface area contributed by atoms with Crippen molar-refractivity contribution in [2.45, 2.75) is 37.6 Å². The smallest absolute Gasteiger partial charge is 0.323 e. The number of nitrogens with zero attached hydrogens (tertiary/aromatic N) is 1. The van der Waals surface area contributed by atoms with Gasteiger partial charge in [-0.25, -0.2) is 0 Å². The van der Waals surface area contributed by atoms with E-state index in [9.17, 15) is 14.7 Å². The number of hydrogen-bond donors (Lipinski definition) is 2. The van der Waals surface area contributed by atoms with Gasteiger partial charge in [0.25, 0.3) is 0 Å². The zero-order valence-corrected chi connectivity index (χ0v) is 12.0. The number of para-hydroxylation sites is 1. The van der Waals surface area contributed by atoms with Gasteiger partial charge >= 0.3 is 5.97 Å². The van der Waals surface area contributed by atoms with Gasteiger partial charge in [-0.15, -0.1) is 0 Å². The highest BCUT2D eigenvalue weighted by molar-refractivity contribution is 5.96. The summed E-state index contributed by atoms with van der Waals surface area (Å²) in [6.45, 7) is 0.790. The molecule has 1 aliphatic carbocycles. The number of benzene rings is 1. The third kappa shape index (κ3) is 2.53. The van der Waals surface area contributed by atoms with Gasteiger partial charge in [-0.3, -0.25) is 14.9 Å². The van der Waals surface area contributed by atoms with Crippen LogP contribution in [0.3, 0.4) is 0 Å². The summed E-state index contributed by atoms with van der Waals surface area (Å²) in [4.78, 5) is 25.5. The van der Waals surface area contributed by atoms with Crippen LogP contribution in [0.1, 0.15) is 31.2 Å². The summed E-state index contributed by atoms with van der Waals surface area (Å²) in [7, 11) is 0. The van der Waals surface area contributed by atoms with Crippen LogP contribution in [0, 0.1) is 0 Å². The van der Waals surface area contributed by atoms with Gasteiger partial charge in [0.15, 0.2) is 0 Å². The zero-order valence-electron chi connectivity index (χ0n) is 12.0. The first kappa shape index (κ1) is 14.1. The second-order valence-corrected chi connectivity index (χ2v) is 5.87. The zero-order chi connectivity index (χ0) is 14.9. The molecule has 0 aromatic heterocycles. The number of rotatable bonds is 4. The summed E-state index contributed by atoms with van der Waals surface area (Å²) in [6.07, 6.45) is 4.05. The Balaban J connectivity index is 1.68. The predicted molar refractivity (Wildman–Crippen MR) is 79.3 cm³/mol.